The van der Waals surface area contributed by atoms with Crippen molar-refractivity contribution in [3.8, 4) is 5.75 Å². The van der Waals surface area contributed by atoms with Crippen molar-refractivity contribution >= 4 is 5.57 Å². The smallest absolute Gasteiger partial charge is 0.129 e. The molecule has 4 heteroatoms. The molecular weight excluding hydrogens is 341 g/mol. The van der Waals surface area contributed by atoms with Gasteiger partial charge in [0.25, 0.3) is 0 Å². The maximum Gasteiger partial charge on any atom is 0.129 e. The van der Waals surface area contributed by atoms with Gasteiger partial charge >= 0.3 is 0 Å². The van der Waals surface area contributed by atoms with E-state index in [1.165, 1.54) is 22.8 Å². The molecule has 0 radical (unpaired) electrons. The molecular formula is C23H24FNO2. The molecule has 0 fully saturated rings. The Kier molecular flexibility index (Phi) is 4.25. The third-order valence-electron chi connectivity index (χ3n) is 6.21. The number of benzene rings is 2. The van der Waals surface area contributed by atoms with Crippen molar-refractivity contribution in [3.63, 3.8) is 0 Å². The standard InChI is InChI=1S/C23H24FNO2/c24-18-6-7-19-17(13-18)14-21(22(19)26)25-10-8-15(9-11-25)20-5-1-3-16-4-2-12-27-23(16)20/h1,3,5-8,13,21-22,26H,2,4,9-12,14H2. The van der Waals surface area contributed by atoms with E-state index in [1.54, 1.807) is 12.1 Å². The summed E-state index contributed by atoms with van der Waals surface area (Å²) in [6.07, 6.45) is 5.56. The molecule has 2 aromatic carbocycles. The van der Waals surface area contributed by atoms with Crippen LogP contribution >= 0.6 is 0 Å². The number of hydrogen-bond donors (Lipinski definition) is 1. The lowest BCUT2D eigenvalue weighted by Gasteiger charge is -2.34. The van der Waals surface area contributed by atoms with Crippen molar-refractivity contribution in [2.75, 3.05) is 19.7 Å². The molecule has 0 aromatic heterocycles. The number of fused-ring (bicyclic) bond motifs is 2. The Morgan fingerprint density at radius 1 is 1.11 bits per heavy atom. The summed E-state index contributed by atoms with van der Waals surface area (Å²) < 4.78 is 19.5. The molecule has 3 aliphatic rings. The molecule has 5 rings (SSSR count). The van der Waals surface area contributed by atoms with E-state index >= 15 is 0 Å². The molecule has 1 N–H and O–H groups in total. The van der Waals surface area contributed by atoms with Crippen molar-refractivity contribution in [3.05, 3.63) is 70.5 Å². The van der Waals surface area contributed by atoms with E-state index in [2.05, 4.69) is 29.2 Å². The fourth-order valence-electron chi connectivity index (χ4n) is 4.79. The molecule has 2 unspecified atom stereocenters. The van der Waals surface area contributed by atoms with Crippen LogP contribution < -0.4 is 4.74 Å². The van der Waals surface area contributed by atoms with Crippen molar-refractivity contribution in [2.45, 2.75) is 37.8 Å². The Bertz CT molecular complexity index is 907. The third kappa shape index (κ3) is 2.97. The number of nitrogens with zero attached hydrogens (tertiary/aromatic N) is 1. The van der Waals surface area contributed by atoms with Gasteiger partial charge in [-0.05, 0) is 60.1 Å². The summed E-state index contributed by atoms with van der Waals surface area (Å²) in [7, 11) is 0. The molecule has 0 spiro atoms. The van der Waals surface area contributed by atoms with Gasteiger partial charge in [0, 0.05) is 24.7 Å². The van der Waals surface area contributed by atoms with Crippen LogP contribution in [0.3, 0.4) is 0 Å². The van der Waals surface area contributed by atoms with E-state index in [4.69, 9.17) is 4.74 Å². The summed E-state index contributed by atoms with van der Waals surface area (Å²) in [4.78, 5) is 2.32. The van der Waals surface area contributed by atoms with Gasteiger partial charge in [0.05, 0.1) is 12.7 Å². The predicted octanol–water partition coefficient (Wildman–Crippen LogP) is 3.90. The second-order valence-corrected chi connectivity index (χ2v) is 7.78. The van der Waals surface area contributed by atoms with E-state index in [0.29, 0.717) is 6.42 Å². The first-order chi connectivity index (χ1) is 13.2. The van der Waals surface area contributed by atoms with Gasteiger partial charge in [0.2, 0.25) is 0 Å². The molecule has 1 aliphatic carbocycles. The molecule has 0 saturated heterocycles. The minimum atomic E-state index is -0.539. The van der Waals surface area contributed by atoms with Crippen LogP contribution in [0.4, 0.5) is 4.39 Å². The quantitative estimate of drug-likeness (QED) is 0.876. The zero-order chi connectivity index (χ0) is 18.4. The van der Waals surface area contributed by atoms with Crippen LogP contribution in [0.25, 0.3) is 5.57 Å². The zero-order valence-electron chi connectivity index (χ0n) is 15.3. The summed E-state index contributed by atoms with van der Waals surface area (Å²) in [5.41, 5.74) is 5.69. The van der Waals surface area contributed by atoms with Gasteiger partial charge in [0.15, 0.2) is 0 Å². The van der Waals surface area contributed by atoms with Gasteiger partial charge < -0.3 is 9.84 Å². The summed E-state index contributed by atoms with van der Waals surface area (Å²) in [5, 5.41) is 10.7. The van der Waals surface area contributed by atoms with Gasteiger partial charge in [-0.3, -0.25) is 4.90 Å². The van der Waals surface area contributed by atoms with Crippen LogP contribution in [0.1, 0.15) is 41.2 Å². The maximum atomic E-state index is 13.5. The molecule has 0 amide bonds. The van der Waals surface area contributed by atoms with E-state index < -0.39 is 6.10 Å². The number of para-hydroxylation sites is 1. The highest BCUT2D eigenvalue weighted by Gasteiger charge is 2.36. The first-order valence-electron chi connectivity index (χ1n) is 9.85. The topological polar surface area (TPSA) is 32.7 Å². The second kappa shape index (κ2) is 6.77. The minimum absolute atomic E-state index is 0.0283. The van der Waals surface area contributed by atoms with Crippen LogP contribution in [-0.4, -0.2) is 35.7 Å². The Morgan fingerprint density at radius 3 is 2.89 bits per heavy atom. The van der Waals surface area contributed by atoms with Crippen LogP contribution in [-0.2, 0) is 12.8 Å². The molecule has 2 heterocycles. The van der Waals surface area contributed by atoms with E-state index in [-0.39, 0.29) is 11.9 Å². The lowest BCUT2D eigenvalue weighted by molar-refractivity contribution is 0.0669. The van der Waals surface area contributed by atoms with Crippen molar-refractivity contribution < 1.29 is 14.2 Å². The molecule has 2 aromatic rings. The normalized spacial score (nSPS) is 24.7. The van der Waals surface area contributed by atoms with Gasteiger partial charge in [0.1, 0.15) is 11.6 Å². The largest absolute Gasteiger partial charge is 0.493 e. The van der Waals surface area contributed by atoms with Gasteiger partial charge in [-0.1, -0.05) is 30.3 Å². The van der Waals surface area contributed by atoms with Gasteiger partial charge in [-0.25, -0.2) is 4.39 Å². The number of aryl methyl sites for hydroxylation is 1. The minimum Gasteiger partial charge on any atom is -0.493 e. The lowest BCUT2D eigenvalue weighted by Crippen LogP contribution is -2.40. The fourth-order valence-corrected chi connectivity index (χ4v) is 4.79. The van der Waals surface area contributed by atoms with E-state index in [1.807, 2.05) is 0 Å². The molecule has 2 aliphatic heterocycles. The van der Waals surface area contributed by atoms with Crippen LogP contribution in [0.15, 0.2) is 42.5 Å². The summed E-state index contributed by atoms with van der Waals surface area (Å²) in [6, 6.07) is 11.2. The number of hydrogen-bond acceptors (Lipinski definition) is 3. The second-order valence-electron chi connectivity index (χ2n) is 7.78. The van der Waals surface area contributed by atoms with Crippen LogP contribution in [0.5, 0.6) is 5.75 Å². The van der Waals surface area contributed by atoms with Crippen LogP contribution in [0, 0.1) is 5.82 Å². The SMILES string of the molecule is OC1c2ccc(F)cc2CC1N1CC=C(c2cccc3c2OCCC3)CC1. The number of ether oxygens (including phenoxy) is 1. The van der Waals surface area contributed by atoms with Crippen molar-refractivity contribution in [1.29, 1.82) is 0 Å². The maximum absolute atomic E-state index is 13.5. The van der Waals surface area contributed by atoms with E-state index in [9.17, 15) is 9.50 Å². The first-order valence-corrected chi connectivity index (χ1v) is 9.85. The van der Waals surface area contributed by atoms with Crippen molar-refractivity contribution in [2.24, 2.45) is 0 Å². The van der Waals surface area contributed by atoms with E-state index in [0.717, 1.165) is 55.8 Å². The molecule has 0 bridgehead atoms. The number of aliphatic hydroxyl groups excluding tert-OH is 1. The van der Waals surface area contributed by atoms with Gasteiger partial charge in [-0.2, -0.15) is 0 Å². The monoisotopic (exact) mass is 365 g/mol. The van der Waals surface area contributed by atoms with Crippen molar-refractivity contribution in [1.82, 2.24) is 4.90 Å². The highest BCUT2D eigenvalue weighted by Crippen LogP contribution is 2.39. The first kappa shape index (κ1) is 17.0. The Hall–Kier alpha value is -2.17. The lowest BCUT2D eigenvalue weighted by atomic mass is 9.93. The number of rotatable bonds is 2. The number of halogens is 1. The highest BCUT2D eigenvalue weighted by molar-refractivity contribution is 5.73. The third-order valence-corrected chi connectivity index (χ3v) is 6.21. The average Bonchev–Trinajstić information content (AvgIpc) is 3.03. The summed E-state index contributed by atoms with van der Waals surface area (Å²) in [6.45, 7) is 2.50. The Morgan fingerprint density at radius 2 is 2.04 bits per heavy atom. The summed E-state index contributed by atoms with van der Waals surface area (Å²) in [5.74, 6) is 0.837. The zero-order valence-corrected chi connectivity index (χ0v) is 15.3. The molecule has 2 atom stereocenters. The van der Waals surface area contributed by atoms with Crippen LogP contribution in [0.2, 0.25) is 0 Å². The van der Waals surface area contributed by atoms with Gasteiger partial charge in [-0.15, -0.1) is 0 Å². The molecule has 3 nitrogen and oxygen atoms in total. The summed E-state index contributed by atoms with van der Waals surface area (Å²) >= 11 is 0. The Balaban J connectivity index is 1.35. The molecule has 0 saturated carbocycles. The highest BCUT2D eigenvalue weighted by atomic mass is 19.1. The average molecular weight is 365 g/mol. The Labute approximate surface area is 159 Å². The molecule has 27 heavy (non-hydrogen) atoms. The molecule has 140 valence electrons. The fraction of sp³-hybridized carbons (Fsp3) is 0.391. The predicted molar refractivity (Wildman–Crippen MR) is 103 cm³/mol. The number of aliphatic hydroxyl groups is 1.